The normalized spacial score (nSPS) is 14.1. The summed E-state index contributed by atoms with van der Waals surface area (Å²) in [5.41, 5.74) is 9.47. The summed E-state index contributed by atoms with van der Waals surface area (Å²) in [6.45, 7) is 4.62. The van der Waals surface area contributed by atoms with Gasteiger partial charge in [-0.2, -0.15) is 0 Å². The molecule has 2 nitrogen and oxygen atoms in total. The number of hydrogen-bond acceptors (Lipinski definition) is 2. The maximum Gasteiger partial charge on any atom is 0.135 e. The van der Waals surface area contributed by atoms with E-state index in [1.807, 2.05) is 12.1 Å². The van der Waals surface area contributed by atoms with Gasteiger partial charge in [0.05, 0.1) is 0 Å². The molecule has 6 rings (SSSR count). The molecule has 4 aromatic carbocycles. The van der Waals surface area contributed by atoms with Gasteiger partial charge in [0, 0.05) is 33.1 Å². The van der Waals surface area contributed by atoms with Crippen molar-refractivity contribution >= 4 is 33.3 Å². The minimum Gasteiger partial charge on any atom is -0.456 e. The molecule has 2 heteroatoms. The molecule has 140 valence electrons. The van der Waals surface area contributed by atoms with Crippen LogP contribution in [0.3, 0.4) is 0 Å². The predicted octanol–water partition coefficient (Wildman–Crippen LogP) is 7.64. The van der Waals surface area contributed by atoms with Gasteiger partial charge >= 0.3 is 0 Å². The molecule has 1 aromatic heterocycles. The van der Waals surface area contributed by atoms with Gasteiger partial charge in [0.2, 0.25) is 0 Å². The Morgan fingerprint density at radius 2 is 1.45 bits per heavy atom. The van der Waals surface area contributed by atoms with Gasteiger partial charge in [0.15, 0.2) is 0 Å². The first-order valence-corrected chi connectivity index (χ1v) is 10.0. The standard InChI is InChI=1S/C27H21NO/c1-27(2)21-10-5-3-9-19(21)26-22(27)11-7-12-23(26)28-17-14-15-25-20(16-17)18-8-4-6-13-24(18)29-25/h3-16,28H,1-2H3. The SMILES string of the molecule is CC1(C)c2ccccc2-c2c(Nc3ccc4oc5ccccc5c4c3)cccc21. The molecule has 1 N–H and O–H groups in total. The molecule has 0 spiro atoms. The van der Waals surface area contributed by atoms with Crippen LogP contribution in [-0.4, -0.2) is 0 Å². The maximum absolute atomic E-state index is 5.98. The first-order valence-electron chi connectivity index (χ1n) is 10.0. The van der Waals surface area contributed by atoms with E-state index < -0.39 is 0 Å². The van der Waals surface area contributed by atoms with Crippen molar-refractivity contribution in [2.24, 2.45) is 0 Å². The Morgan fingerprint density at radius 1 is 0.690 bits per heavy atom. The number of para-hydroxylation sites is 1. The number of anilines is 2. The third-order valence-corrected chi connectivity index (χ3v) is 6.26. The minimum atomic E-state index is 0.00827. The number of rotatable bonds is 2. The summed E-state index contributed by atoms with van der Waals surface area (Å²) in [6, 6.07) is 29.9. The molecule has 29 heavy (non-hydrogen) atoms. The van der Waals surface area contributed by atoms with Crippen molar-refractivity contribution in [3.63, 3.8) is 0 Å². The smallest absolute Gasteiger partial charge is 0.135 e. The Morgan fingerprint density at radius 3 is 2.38 bits per heavy atom. The monoisotopic (exact) mass is 375 g/mol. The van der Waals surface area contributed by atoms with E-state index in [0.29, 0.717) is 0 Å². The zero-order valence-electron chi connectivity index (χ0n) is 16.5. The molecule has 0 amide bonds. The van der Waals surface area contributed by atoms with E-state index in [9.17, 15) is 0 Å². The van der Waals surface area contributed by atoms with Gasteiger partial charge in [-0.05, 0) is 47.0 Å². The van der Waals surface area contributed by atoms with Gasteiger partial charge in [0.25, 0.3) is 0 Å². The van der Waals surface area contributed by atoms with E-state index in [-0.39, 0.29) is 5.41 Å². The summed E-state index contributed by atoms with van der Waals surface area (Å²) in [6.07, 6.45) is 0. The third kappa shape index (κ3) is 2.29. The van der Waals surface area contributed by atoms with Crippen LogP contribution in [0.1, 0.15) is 25.0 Å². The first-order chi connectivity index (χ1) is 14.1. The Balaban J connectivity index is 1.51. The Hall–Kier alpha value is -3.52. The van der Waals surface area contributed by atoms with Crippen molar-refractivity contribution < 1.29 is 4.42 Å². The molecule has 0 atom stereocenters. The second-order valence-corrected chi connectivity index (χ2v) is 8.33. The highest BCUT2D eigenvalue weighted by molar-refractivity contribution is 6.06. The summed E-state index contributed by atoms with van der Waals surface area (Å²) in [4.78, 5) is 0. The maximum atomic E-state index is 5.98. The Bertz CT molecular complexity index is 1410. The van der Waals surface area contributed by atoms with Crippen molar-refractivity contribution in [3.05, 3.63) is 96.1 Å². The summed E-state index contributed by atoms with van der Waals surface area (Å²) >= 11 is 0. The van der Waals surface area contributed by atoms with Crippen molar-refractivity contribution in [2.45, 2.75) is 19.3 Å². The predicted molar refractivity (Wildman–Crippen MR) is 121 cm³/mol. The van der Waals surface area contributed by atoms with Gasteiger partial charge < -0.3 is 9.73 Å². The van der Waals surface area contributed by atoms with Gasteiger partial charge in [-0.15, -0.1) is 0 Å². The summed E-state index contributed by atoms with van der Waals surface area (Å²) in [7, 11) is 0. The lowest BCUT2D eigenvalue weighted by Crippen LogP contribution is -2.14. The van der Waals surface area contributed by atoms with Crippen LogP contribution in [0, 0.1) is 0 Å². The molecule has 0 aliphatic heterocycles. The number of fused-ring (bicyclic) bond motifs is 6. The minimum absolute atomic E-state index is 0.00827. The molecule has 1 aliphatic carbocycles. The molecule has 5 aromatic rings. The molecule has 0 saturated heterocycles. The zero-order valence-corrected chi connectivity index (χ0v) is 16.5. The molecular weight excluding hydrogens is 354 g/mol. The molecule has 0 fully saturated rings. The highest BCUT2D eigenvalue weighted by atomic mass is 16.3. The lowest BCUT2D eigenvalue weighted by Gasteiger charge is -2.21. The molecule has 1 heterocycles. The zero-order chi connectivity index (χ0) is 19.6. The second-order valence-electron chi connectivity index (χ2n) is 8.33. The van der Waals surface area contributed by atoms with E-state index in [4.69, 9.17) is 4.42 Å². The molecule has 0 unspecified atom stereocenters. The summed E-state index contributed by atoms with van der Waals surface area (Å²) in [5.74, 6) is 0. The van der Waals surface area contributed by atoms with E-state index in [2.05, 4.69) is 92.0 Å². The Kier molecular flexibility index (Phi) is 3.25. The summed E-state index contributed by atoms with van der Waals surface area (Å²) in [5, 5.41) is 5.97. The fraction of sp³-hybridized carbons (Fsp3) is 0.111. The highest BCUT2D eigenvalue weighted by Crippen LogP contribution is 2.51. The lowest BCUT2D eigenvalue weighted by molar-refractivity contribution is 0.660. The first kappa shape index (κ1) is 16.4. The van der Waals surface area contributed by atoms with Crippen LogP contribution in [0.15, 0.2) is 89.3 Å². The molecule has 0 saturated carbocycles. The lowest BCUT2D eigenvalue weighted by atomic mass is 9.82. The quantitative estimate of drug-likeness (QED) is 0.343. The van der Waals surface area contributed by atoms with E-state index in [1.54, 1.807) is 0 Å². The second kappa shape index (κ2) is 5.74. The van der Waals surface area contributed by atoms with Crippen LogP contribution in [0.4, 0.5) is 11.4 Å². The Labute approximate surface area is 169 Å². The van der Waals surface area contributed by atoms with E-state index in [0.717, 1.165) is 33.3 Å². The van der Waals surface area contributed by atoms with Crippen LogP contribution in [-0.2, 0) is 5.41 Å². The van der Waals surface area contributed by atoms with Crippen molar-refractivity contribution in [2.75, 3.05) is 5.32 Å². The largest absolute Gasteiger partial charge is 0.456 e. The fourth-order valence-electron chi connectivity index (χ4n) is 4.82. The molecule has 0 radical (unpaired) electrons. The van der Waals surface area contributed by atoms with Crippen LogP contribution >= 0.6 is 0 Å². The summed E-state index contributed by atoms with van der Waals surface area (Å²) < 4.78 is 5.98. The number of nitrogens with one attached hydrogen (secondary N) is 1. The van der Waals surface area contributed by atoms with Crippen LogP contribution < -0.4 is 5.32 Å². The molecular formula is C27H21NO. The van der Waals surface area contributed by atoms with Gasteiger partial charge in [-0.3, -0.25) is 0 Å². The van der Waals surface area contributed by atoms with Gasteiger partial charge in [-0.1, -0.05) is 68.4 Å². The highest BCUT2D eigenvalue weighted by Gasteiger charge is 2.36. The van der Waals surface area contributed by atoms with E-state index in [1.165, 1.54) is 22.3 Å². The van der Waals surface area contributed by atoms with E-state index >= 15 is 0 Å². The molecule has 0 bridgehead atoms. The van der Waals surface area contributed by atoms with Crippen molar-refractivity contribution in [1.82, 2.24) is 0 Å². The van der Waals surface area contributed by atoms with Crippen LogP contribution in [0.25, 0.3) is 33.1 Å². The average Bonchev–Trinajstić information content (AvgIpc) is 3.22. The van der Waals surface area contributed by atoms with Crippen molar-refractivity contribution in [3.8, 4) is 11.1 Å². The fourth-order valence-corrected chi connectivity index (χ4v) is 4.82. The van der Waals surface area contributed by atoms with Gasteiger partial charge in [0.1, 0.15) is 11.2 Å². The van der Waals surface area contributed by atoms with Crippen LogP contribution in [0.5, 0.6) is 0 Å². The van der Waals surface area contributed by atoms with Crippen molar-refractivity contribution in [1.29, 1.82) is 0 Å². The molecule has 1 aliphatic rings. The van der Waals surface area contributed by atoms with Crippen LogP contribution in [0.2, 0.25) is 0 Å². The average molecular weight is 375 g/mol. The number of hydrogen-bond donors (Lipinski definition) is 1. The van der Waals surface area contributed by atoms with Gasteiger partial charge in [-0.25, -0.2) is 0 Å². The number of furan rings is 1. The number of benzene rings is 4. The topological polar surface area (TPSA) is 25.2 Å². The third-order valence-electron chi connectivity index (χ3n) is 6.26.